The normalized spacial score (nSPS) is 19.6. The lowest BCUT2D eigenvalue weighted by Crippen LogP contribution is -2.41. The Morgan fingerprint density at radius 2 is 2.04 bits per heavy atom. The first-order valence-electron chi connectivity index (χ1n) is 9.05. The lowest BCUT2D eigenvalue weighted by Gasteiger charge is -2.32. The molecule has 0 saturated carbocycles. The van der Waals surface area contributed by atoms with Crippen molar-refractivity contribution in [2.45, 2.75) is 32.5 Å². The van der Waals surface area contributed by atoms with Crippen LogP contribution in [0.2, 0.25) is 0 Å². The molecule has 1 atom stereocenters. The van der Waals surface area contributed by atoms with E-state index in [-0.39, 0.29) is 6.10 Å². The molecule has 25 heavy (non-hydrogen) atoms. The number of ether oxygens (including phenoxy) is 2. The molecule has 1 aromatic carbocycles. The van der Waals surface area contributed by atoms with E-state index in [0.29, 0.717) is 0 Å². The molecule has 0 radical (unpaired) electrons. The maximum atomic E-state index is 5.59. The van der Waals surface area contributed by atoms with Gasteiger partial charge in [0, 0.05) is 38.8 Å². The fourth-order valence-corrected chi connectivity index (χ4v) is 3.44. The van der Waals surface area contributed by atoms with E-state index in [1.165, 1.54) is 16.7 Å². The zero-order chi connectivity index (χ0) is 17.1. The predicted molar refractivity (Wildman–Crippen MR) is 98.0 cm³/mol. The van der Waals surface area contributed by atoms with Gasteiger partial charge in [0.15, 0.2) is 0 Å². The molecule has 1 fully saturated rings. The average Bonchev–Trinajstić information content (AvgIpc) is 3.10. The van der Waals surface area contributed by atoms with Crippen LogP contribution in [-0.4, -0.2) is 37.4 Å². The molecule has 0 spiro atoms. The molecule has 0 unspecified atom stereocenters. The summed E-state index contributed by atoms with van der Waals surface area (Å²) in [4.78, 5) is 6.91. The molecule has 0 bridgehead atoms. The minimum Gasteiger partial charge on any atom is -0.493 e. The zero-order valence-corrected chi connectivity index (χ0v) is 14.7. The second-order valence-electron chi connectivity index (χ2n) is 6.80. The van der Waals surface area contributed by atoms with Gasteiger partial charge < -0.3 is 19.7 Å². The largest absolute Gasteiger partial charge is 0.493 e. The SMILES string of the molecule is C[C@@H]1CN(c2ccc(CNCc3ccc4c(c3)CCO4)cn2)CCO1. The number of aromatic nitrogens is 1. The third-order valence-corrected chi connectivity index (χ3v) is 4.79. The Bertz CT molecular complexity index is 717. The Labute approximate surface area is 149 Å². The zero-order valence-electron chi connectivity index (χ0n) is 14.7. The molecular weight excluding hydrogens is 314 g/mol. The maximum absolute atomic E-state index is 5.59. The molecule has 5 nitrogen and oxygen atoms in total. The monoisotopic (exact) mass is 339 g/mol. The second kappa shape index (κ2) is 7.42. The Morgan fingerprint density at radius 3 is 2.88 bits per heavy atom. The van der Waals surface area contributed by atoms with E-state index < -0.39 is 0 Å². The van der Waals surface area contributed by atoms with Crippen molar-refractivity contribution in [3.8, 4) is 5.75 Å². The highest BCUT2D eigenvalue weighted by Gasteiger charge is 2.17. The highest BCUT2D eigenvalue weighted by molar-refractivity contribution is 5.41. The minimum atomic E-state index is 0.273. The van der Waals surface area contributed by atoms with Gasteiger partial charge in [-0.05, 0) is 35.7 Å². The number of hydrogen-bond acceptors (Lipinski definition) is 5. The van der Waals surface area contributed by atoms with Crippen molar-refractivity contribution in [1.82, 2.24) is 10.3 Å². The number of anilines is 1. The van der Waals surface area contributed by atoms with E-state index in [1.54, 1.807) is 0 Å². The standard InChI is InChI=1S/C20H25N3O2/c1-15-14-23(7-9-24-15)20-5-3-17(13-22-20)12-21-11-16-2-4-19-18(10-16)6-8-25-19/h2-5,10,13,15,21H,6-9,11-12,14H2,1H3/t15-/m1/s1. The van der Waals surface area contributed by atoms with Crippen LogP contribution >= 0.6 is 0 Å². The number of morpholine rings is 1. The van der Waals surface area contributed by atoms with Crippen LogP contribution in [0.3, 0.4) is 0 Å². The third kappa shape index (κ3) is 3.94. The van der Waals surface area contributed by atoms with Crippen LogP contribution < -0.4 is 15.0 Å². The van der Waals surface area contributed by atoms with Gasteiger partial charge in [-0.3, -0.25) is 0 Å². The van der Waals surface area contributed by atoms with Crippen molar-refractivity contribution in [1.29, 1.82) is 0 Å². The summed E-state index contributed by atoms with van der Waals surface area (Å²) in [5, 5.41) is 3.50. The van der Waals surface area contributed by atoms with E-state index in [2.05, 4.69) is 52.5 Å². The topological polar surface area (TPSA) is 46.6 Å². The van der Waals surface area contributed by atoms with E-state index in [4.69, 9.17) is 9.47 Å². The smallest absolute Gasteiger partial charge is 0.128 e. The van der Waals surface area contributed by atoms with Crippen LogP contribution in [0.1, 0.15) is 23.6 Å². The van der Waals surface area contributed by atoms with Gasteiger partial charge >= 0.3 is 0 Å². The number of pyridine rings is 1. The van der Waals surface area contributed by atoms with Gasteiger partial charge in [0.1, 0.15) is 11.6 Å². The molecule has 5 heteroatoms. The number of hydrogen-bond donors (Lipinski definition) is 1. The molecule has 0 amide bonds. The maximum Gasteiger partial charge on any atom is 0.128 e. The highest BCUT2D eigenvalue weighted by Crippen LogP contribution is 2.25. The molecule has 0 aliphatic carbocycles. The number of nitrogens with zero attached hydrogens (tertiary/aromatic N) is 2. The number of benzene rings is 1. The first kappa shape index (κ1) is 16.4. The van der Waals surface area contributed by atoms with Crippen molar-refractivity contribution in [2.24, 2.45) is 0 Å². The molecule has 1 saturated heterocycles. The molecule has 1 N–H and O–H groups in total. The summed E-state index contributed by atoms with van der Waals surface area (Å²) in [7, 11) is 0. The van der Waals surface area contributed by atoms with Crippen LogP contribution in [0.4, 0.5) is 5.82 Å². The second-order valence-corrected chi connectivity index (χ2v) is 6.80. The van der Waals surface area contributed by atoms with Gasteiger partial charge in [0.05, 0.1) is 19.3 Å². The summed E-state index contributed by atoms with van der Waals surface area (Å²) in [5.74, 6) is 2.08. The van der Waals surface area contributed by atoms with Gasteiger partial charge in [-0.25, -0.2) is 4.98 Å². The summed E-state index contributed by atoms with van der Waals surface area (Å²) < 4.78 is 11.1. The predicted octanol–water partition coefficient (Wildman–Crippen LogP) is 2.53. The number of nitrogens with one attached hydrogen (secondary N) is 1. The summed E-state index contributed by atoms with van der Waals surface area (Å²) in [6.07, 6.45) is 3.27. The van der Waals surface area contributed by atoms with Gasteiger partial charge in [-0.1, -0.05) is 18.2 Å². The fourth-order valence-electron chi connectivity index (χ4n) is 3.44. The molecule has 2 aliphatic rings. The van der Waals surface area contributed by atoms with Crippen LogP contribution in [0.15, 0.2) is 36.5 Å². The fraction of sp³-hybridized carbons (Fsp3) is 0.450. The molecule has 3 heterocycles. The lowest BCUT2D eigenvalue weighted by molar-refractivity contribution is 0.0529. The van der Waals surface area contributed by atoms with E-state index in [9.17, 15) is 0 Å². The van der Waals surface area contributed by atoms with E-state index in [1.807, 2.05) is 6.20 Å². The van der Waals surface area contributed by atoms with Crippen LogP contribution in [0, 0.1) is 0 Å². The summed E-state index contributed by atoms with van der Waals surface area (Å²) in [6.45, 7) is 7.19. The Hall–Kier alpha value is -2.11. The highest BCUT2D eigenvalue weighted by atomic mass is 16.5. The Balaban J connectivity index is 1.29. The van der Waals surface area contributed by atoms with Crippen molar-refractivity contribution in [2.75, 3.05) is 31.2 Å². The average molecular weight is 339 g/mol. The van der Waals surface area contributed by atoms with Crippen LogP contribution in [-0.2, 0) is 24.2 Å². The van der Waals surface area contributed by atoms with Gasteiger partial charge in [0.2, 0.25) is 0 Å². The molecule has 4 rings (SSSR count). The molecule has 1 aromatic heterocycles. The summed E-state index contributed by atoms with van der Waals surface area (Å²) >= 11 is 0. The van der Waals surface area contributed by atoms with Gasteiger partial charge in [-0.15, -0.1) is 0 Å². The number of rotatable bonds is 5. The first-order valence-corrected chi connectivity index (χ1v) is 9.05. The lowest BCUT2D eigenvalue weighted by atomic mass is 10.1. The van der Waals surface area contributed by atoms with Crippen molar-refractivity contribution >= 4 is 5.82 Å². The quantitative estimate of drug-likeness (QED) is 0.907. The van der Waals surface area contributed by atoms with Gasteiger partial charge in [0.25, 0.3) is 0 Å². The first-order chi connectivity index (χ1) is 12.3. The van der Waals surface area contributed by atoms with Crippen LogP contribution in [0.25, 0.3) is 0 Å². The van der Waals surface area contributed by atoms with Crippen molar-refractivity contribution in [3.05, 3.63) is 53.2 Å². The van der Waals surface area contributed by atoms with Gasteiger partial charge in [-0.2, -0.15) is 0 Å². The molecular formula is C20H25N3O2. The molecule has 2 aromatic rings. The Kier molecular flexibility index (Phi) is 4.85. The van der Waals surface area contributed by atoms with Crippen molar-refractivity contribution in [3.63, 3.8) is 0 Å². The molecule has 132 valence electrons. The summed E-state index contributed by atoms with van der Waals surface area (Å²) in [6, 6.07) is 10.7. The van der Waals surface area contributed by atoms with E-state index in [0.717, 1.165) is 57.4 Å². The Morgan fingerprint density at radius 1 is 1.16 bits per heavy atom. The number of fused-ring (bicyclic) bond motifs is 1. The summed E-state index contributed by atoms with van der Waals surface area (Å²) in [5.41, 5.74) is 3.83. The van der Waals surface area contributed by atoms with E-state index >= 15 is 0 Å². The van der Waals surface area contributed by atoms with Crippen molar-refractivity contribution < 1.29 is 9.47 Å². The third-order valence-electron chi connectivity index (χ3n) is 4.79. The van der Waals surface area contributed by atoms with Crippen LogP contribution in [0.5, 0.6) is 5.75 Å². The minimum absolute atomic E-state index is 0.273. The molecule has 2 aliphatic heterocycles.